The first kappa shape index (κ1) is 15.8. The van der Waals surface area contributed by atoms with Crippen molar-refractivity contribution in [3.8, 4) is 0 Å². The molecule has 1 rings (SSSR count). The van der Waals surface area contributed by atoms with Crippen molar-refractivity contribution in [1.82, 2.24) is 5.32 Å². The third-order valence-corrected chi connectivity index (χ3v) is 2.78. The maximum Gasteiger partial charge on any atom is 0.323 e. The number of carbonyl (C=O) groups is 3. The predicted molar refractivity (Wildman–Crippen MR) is 74.8 cm³/mol. The Hall–Kier alpha value is -2.21. The van der Waals surface area contributed by atoms with Gasteiger partial charge in [0.1, 0.15) is 5.54 Å². The molecular weight excluding hydrogens is 260 g/mol. The largest absolute Gasteiger partial charge is 0.480 e. The van der Waals surface area contributed by atoms with Gasteiger partial charge in [0, 0.05) is 11.3 Å². The molecule has 1 aromatic carbocycles. The number of aliphatic carboxylic acids is 1. The van der Waals surface area contributed by atoms with Crippen molar-refractivity contribution in [3.05, 3.63) is 29.8 Å². The van der Waals surface area contributed by atoms with Crippen molar-refractivity contribution in [2.45, 2.75) is 26.3 Å². The van der Waals surface area contributed by atoms with Gasteiger partial charge in [0.25, 0.3) is 0 Å². The van der Waals surface area contributed by atoms with E-state index in [2.05, 4.69) is 10.6 Å². The zero-order valence-electron chi connectivity index (χ0n) is 11.7. The van der Waals surface area contributed by atoms with E-state index in [-0.39, 0.29) is 18.2 Å². The van der Waals surface area contributed by atoms with Gasteiger partial charge in [-0.15, -0.1) is 0 Å². The van der Waals surface area contributed by atoms with Crippen LogP contribution in [0.3, 0.4) is 0 Å². The molecule has 0 bridgehead atoms. The third kappa shape index (κ3) is 4.47. The molecule has 1 amide bonds. The zero-order chi connectivity index (χ0) is 15.3. The van der Waals surface area contributed by atoms with Crippen LogP contribution in [0.5, 0.6) is 0 Å². The minimum absolute atomic E-state index is 0.0914. The fourth-order valence-corrected chi connectivity index (χ4v) is 1.40. The number of hydrogen-bond acceptors (Lipinski definition) is 4. The van der Waals surface area contributed by atoms with Crippen LogP contribution < -0.4 is 10.6 Å². The molecule has 0 aromatic heterocycles. The number of nitrogens with one attached hydrogen (secondary N) is 2. The van der Waals surface area contributed by atoms with E-state index in [1.165, 1.54) is 20.8 Å². The third-order valence-electron chi connectivity index (χ3n) is 2.78. The van der Waals surface area contributed by atoms with E-state index in [1.54, 1.807) is 24.3 Å². The number of carbonyl (C=O) groups excluding carboxylic acids is 2. The highest BCUT2D eigenvalue weighted by molar-refractivity contribution is 5.97. The molecule has 0 saturated carbocycles. The first-order valence-corrected chi connectivity index (χ1v) is 6.11. The Labute approximate surface area is 117 Å². The van der Waals surface area contributed by atoms with E-state index >= 15 is 0 Å². The second-order valence-corrected chi connectivity index (χ2v) is 4.97. The molecular formula is C14H18N2O4. The summed E-state index contributed by atoms with van der Waals surface area (Å²) in [7, 11) is 0. The molecule has 6 nitrogen and oxygen atoms in total. The second-order valence-electron chi connectivity index (χ2n) is 4.97. The number of carboxylic acid groups (broad SMARTS) is 1. The van der Waals surface area contributed by atoms with E-state index in [9.17, 15) is 14.4 Å². The van der Waals surface area contributed by atoms with Crippen molar-refractivity contribution in [3.63, 3.8) is 0 Å². The van der Waals surface area contributed by atoms with Crippen molar-refractivity contribution < 1.29 is 19.5 Å². The molecule has 0 aliphatic carbocycles. The first-order chi connectivity index (χ1) is 9.22. The van der Waals surface area contributed by atoms with Crippen LogP contribution in [-0.2, 0) is 9.59 Å². The summed E-state index contributed by atoms with van der Waals surface area (Å²) in [6.45, 7) is 4.25. The molecule has 0 fully saturated rings. The summed E-state index contributed by atoms with van der Waals surface area (Å²) < 4.78 is 0. The highest BCUT2D eigenvalue weighted by Gasteiger charge is 2.26. The topological polar surface area (TPSA) is 95.5 Å². The lowest BCUT2D eigenvalue weighted by molar-refractivity contribution is -0.143. The molecule has 3 N–H and O–H groups in total. The standard InChI is InChI=1S/C14H18N2O4/c1-9(17)10-5-4-6-11(7-10)16-12(18)8-15-14(2,3)13(19)20/h4-7,15H,8H2,1-3H3,(H,16,18)(H,19,20). The molecule has 6 heteroatoms. The lowest BCUT2D eigenvalue weighted by Gasteiger charge is -2.20. The highest BCUT2D eigenvalue weighted by Crippen LogP contribution is 2.11. The number of rotatable bonds is 6. The van der Waals surface area contributed by atoms with Crippen LogP contribution in [0, 0.1) is 0 Å². The quantitative estimate of drug-likeness (QED) is 0.681. The normalized spacial score (nSPS) is 10.9. The lowest BCUT2D eigenvalue weighted by Crippen LogP contribution is -2.49. The van der Waals surface area contributed by atoms with Crippen LogP contribution in [0.15, 0.2) is 24.3 Å². The molecule has 0 saturated heterocycles. The van der Waals surface area contributed by atoms with Crippen LogP contribution in [0.4, 0.5) is 5.69 Å². The Morgan fingerprint density at radius 3 is 2.45 bits per heavy atom. The van der Waals surface area contributed by atoms with E-state index in [4.69, 9.17) is 5.11 Å². The Morgan fingerprint density at radius 1 is 1.25 bits per heavy atom. The van der Waals surface area contributed by atoms with Gasteiger partial charge in [0.2, 0.25) is 5.91 Å². The molecule has 0 unspecified atom stereocenters. The minimum Gasteiger partial charge on any atom is -0.480 e. The van der Waals surface area contributed by atoms with Gasteiger partial charge in [-0.1, -0.05) is 12.1 Å². The molecule has 0 heterocycles. The molecule has 0 aliphatic heterocycles. The van der Waals surface area contributed by atoms with Crippen LogP contribution in [0.25, 0.3) is 0 Å². The molecule has 0 spiro atoms. The van der Waals surface area contributed by atoms with E-state index in [1.807, 2.05) is 0 Å². The fourth-order valence-electron chi connectivity index (χ4n) is 1.40. The maximum atomic E-state index is 11.7. The molecule has 0 atom stereocenters. The van der Waals surface area contributed by atoms with Gasteiger partial charge < -0.3 is 10.4 Å². The Balaban J connectivity index is 2.61. The summed E-state index contributed by atoms with van der Waals surface area (Å²) in [6, 6.07) is 6.56. The predicted octanol–water partition coefficient (Wildman–Crippen LogP) is 1.28. The van der Waals surface area contributed by atoms with Crippen molar-refractivity contribution in [2.75, 3.05) is 11.9 Å². The number of Topliss-reactive ketones (excluding diaryl/α,β-unsaturated/α-hetero) is 1. The Morgan fingerprint density at radius 2 is 1.90 bits per heavy atom. The fraction of sp³-hybridized carbons (Fsp3) is 0.357. The summed E-state index contributed by atoms with van der Waals surface area (Å²) in [6.07, 6.45) is 0. The number of benzene rings is 1. The zero-order valence-corrected chi connectivity index (χ0v) is 11.7. The van der Waals surface area contributed by atoms with Crippen molar-refractivity contribution in [2.24, 2.45) is 0 Å². The summed E-state index contributed by atoms with van der Waals surface area (Å²) >= 11 is 0. The van der Waals surface area contributed by atoms with Crippen molar-refractivity contribution >= 4 is 23.3 Å². The summed E-state index contributed by atoms with van der Waals surface area (Å²) in [5.74, 6) is -1.50. The summed E-state index contributed by atoms with van der Waals surface area (Å²) in [4.78, 5) is 33.8. The maximum absolute atomic E-state index is 11.7. The number of hydrogen-bond donors (Lipinski definition) is 3. The average molecular weight is 278 g/mol. The molecule has 0 aliphatic rings. The Kier molecular flexibility index (Phi) is 4.99. The van der Waals surface area contributed by atoms with Gasteiger partial charge in [-0.2, -0.15) is 0 Å². The summed E-state index contributed by atoms with van der Waals surface area (Å²) in [5.41, 5.74) is -0.183. The van der Waals surface area contributed by atoms with Crippen LogP contribution >= 0.6 is 0 Å². The van der Waals surface area contributed by atoms with E-state index in [0.717, 1.165) is 0 Å². The van der Waals surface area contributed by atoms with Gasteiger partial charge >= 0.3 is 5.97 Å². The molecule has 1 aromatic rings. The highest BCUT2D eigenvalue weighted by atomic mass is 16.4. The van der Waals surface area contributed by atoms with Gasteiger partial charge in [-0.25, -0.2) is 0 Å². The summed E-state index contributed by atoms with van der Waals surface area (Å²) in [5, 5.41) is 14.1. The second kappa shape index (κ2) is 6.29. The Bertz CT molecular complexity index is 538. The van der Waals surface area contributed by atoms with Crippen molar-refractivity contribution in [1.29, 1.82) is 0 Å². The van der Waals surface area contributed by atoms with Gasteiger partial charge in [-0.05, 0) is 32.9 Å². The van der Waals surface area contributed by atoms with Crippen LogP contribution in [0.1, 0.15) is 31.1 Å². The number of amides is 1. The number of anilines is 1. The SMILES string of the molecule is CC(=O)c1cccc(NC(=O)CNC(C)(C)C(=O)O)c1. The van der Waals surface area contributed by atoms with Gasteiger partial charge in [0.05, 0.1) is 6.54 Å². The molecule has 0 radical (unpaired) electrons. The number of ketones is 1. The van der Waals surface area contributed by atoms with Crippen LogP contribution in [0.2, 0.25) is 0 Å². The lowest BCUT2D eigenvalue weighted by atomic mass is 10.1. The van der Waals surface area contributed by atoms with Gasteiger partial charge in [-0.3, -0.25) is 19.7 Å². The monoisotopic (exact) mass is 278 g/mol. The molecule has 108 valence electrons. The van der Waals surface area contributed by atoms with E-state index < -0.39 is 11.5 Å². The first-order valence-electron chi connectivity index (χ1n) is 6.11. The van der Waals surface area contributed by atoms with Gasteiger partial charge in [0.15, 0.2) is 5.78 Å². The smallest absolute Gasteiger partial charge is 0.323 e. The molecule has 20 heavy (non-hydrogen) atoms. The van der Waals surface area contributed by atoms with E-state index in [0.29, 0.717) is 11.3 Å². The van der Waals surface area contributed by atoms with Crippen LogP contribution in [-0.4, -0.2) is 34.8 Å². The number of carboxylic acids is 1. The average Bonchev–Trinajstić information content (AvgIpc) is 2.36. The minimum atomic E-state index is -1.18.